The second-order valence-electron chi connectivity index (χ2n) is 4.13. The van der Waals surface area contributed by atoms with Gasteiger partial charge in [0, 0.05) is 23.3 Å². The van der Waals surface area contributed by atoms with Crippen molar-refractivity contribution in [1.29, 1.82) is 0 Å². The van der Waals surface area contributed by atoms with Crippen LogP contribution in [-0.2, 0) is 0 Å². The van der Waals surface area contributed by atoms with Crippen LogP contribution in [0, 0.1) is 0 Å². The number of nitrogens with zero attached hydrogens (tertiary/aromatic N) is 3. The lowest BCUT2D eigenvalue weighted by atomic mass is 10.1. The molecule has 3 aromatic heterocycles. The van der Waals surface area contributed by atoms with E-state index in [1.807, 2.05) is 30.5 Å². The zero-order valence-electron chi connectivity index (χ0n) is 9.38. The summed E-state index contributed by atoms with van der Waals surface area (Å²) in [6.45, 7) is 0. The third-order valence-electron chi connectivity index (χ3n) is 3.08. The summed E-state index contributed by atoms with van der Waals surface area (Å²) in [6, 6.07) is 10.0. The molecular formula is C13H9N5. The van der Waals surface area contributed by atoms with Crippen molar-refractivity contribution in [3.8, 4) is 11.1 Å². The first-order valence-corrected chi connectivity index (χ1v) is 5.65. The molecular weight excluding hydrogens is 226 g/mol. The molecule has 3 heterocycles. The van der Waals surface area contributed by atoms with Crippen LogP contribution in [0.3, 0.4) is 0 Å². The van der Waals surface area contributed by atoms with Gasteiger partial charge in [0.1, 0.15) is 16.7 Å². The third-order valence-corrected chi connectivity index (χ3v) is 3.08. The summed E-state index contributed by atoms with van der Waals surface area (Å²) < 4.78 is 0. The second kappa shape index (κ2) is 3.40. The zero-order chi connectivity index (χ0) is 11.9. The highest BCUT2D eigenvalue weighted by atomic mass is 15.3. The summed E-state index contributed by atoms with van der Waals surface area (Å²) >= 11 is 0. The third kappa shape index (κ3) is 1.24. The first-order chi connectivity index (χ1) is 8.92. The number of rotatable bonds is 1. The van der Waals surface area contributed by atoms with Gasteiger partial charge in [0.15, 0.2) is 0 Å². The summed E-state index contributed by atoms with van der Waals surface area (Å²) in [7, 11) is 0. The summed E-state index contributed by atoms with van der Waals surface area (Å²) in [5, 5.41) is 11.9. The van der Waals surface area contributed by atoms with Crippen LogP contribution in [-0.4, -0.2) is 25.4 Å². The van der Waals surface area contributed by atoms with Crippen LogP contribution in [0.4, 0.5) is 0 Å². The van der Waals surface area contributed by atoms with Crippen LogP contribution in [0.5, 0.6) is 0 Å². The first kappa shape index (κ1) is 9.35. The first-order valence-electron chi connectivity index (χ1n) is 5.65. The minimum Gasteiger partial charge on any atom is -0.346 e. The van der Waals surface area contributed by atoms with Crippen molar-refractivity contribution in [2.75, 3.05) is 0 Å². The number of H-pyrrole nitrogens is 2. The normalized spacial score (nSPS) is 11.3. The van der Waals surface area contributed by atoms with Gasteiger partial charge in [-0.3, -0.25) is 0 Å². The minimum absolute atomic E-state index is 0.866. The SMILES string of the molecule is c1cnc2[nH]cc(-c3ccc4n[nH]nc4c3)c2c1. The zero-order valence-corrected chi connectivity index (χ0v) is 9.38. The van der Waals surface area contributed by atoms with E-state index in [1.165, 1.54) is 0 Å². The van der Waals surface area contributed by atoms with Crippen molar-refractivity contribution in [2.24, 2.45) is 0 Å². The number of hydrogen-bond donors (Lipinski definition) is 2. The van der Waals surface area contributed by atoms with E-state index in [-0.39, 0.29) is 0 Å². The van der Waals surface area contributed by atoms with E-state index in [0.717, 1.165) is 33.2 Å². The highest BCUT2D eigenvalue weighted by Gasteiger charge is 2.07. The van der Waals surface area contributed by atoms with Crippen LogP contribution < -0.4 is 0 Å². The highest BCUT2D eigenvalue weighted by molar-refractivity contribution is 5.95. The van der Waals surface area contributed by atoms with Gasteiger partial charge in [0.2, 0.25) is 0 Å². The molecule has 86 valence electrons. The van der Waals surface area contributed by atoms with E-state index in [4.69, 9.17) is 0 Å². The van der Waals surface area contributed by atoms with E-state index < -0.39 is 0 Å². The molecule has 0 aliphatic carbocycles. The van der Waals surface area contributed by atoms with Crippen LogP contribution >= 0.6 is 0 Å². The Morgan fingerprint density at radius 2 is 1.94 bits per heavy atom. The van der Waals surface area contributed by atoms with E-state index in [1.54, 1.807) is 6.20 Å². The van der Waals surface area contributed by atoms with Gasteiger partial charge in [-0.15, -0.1) is 0 Å². The topological polar surface area (TPSA) is 70.2 Å². The molecule has 0 unspecified atom stereocenters. The van der Waals surface area contributed by atoms with Crippen LogP contribution in [0.1, 0.15) is 0 Å². The van der Waals surface area contributed by atoms with E-state index in [2.05, 4.69) is 31.4 Å². The number of aromatic nitrogens is 5. The van der Waals surface area contributed by atoms with Gasteiger partial charge in [-0.25, -0.2) is 4.98 Å². The number of benzene rings is 1. The van der Waals surface area contributed by atoms with Crippen molar-refractivity contribution >= 4 is 22.1 Å². The lowest BCUT2D eigenvalue weighted by molar-refractivity contribution is 0.959. The fraction of sp³-hybridized carbons (Fsp3) is 0. The summed E-state index contributed by atoms with van der Waals surface area (Å²) in [6.07, 6.45) is 3.75. The fourth-order valence-electron chi connectivity index (χ4n) is 2.20. The Hall–Kier alpha value is -2.69. The Bertz CT molecular complexity index is 842. The maximum absolute atomic E-state index is 4.29. The fourth-order valence-corrected chi connectivity index (χ4v) is 2.20. The van der Waals surface area contributed by atoms with Crippen LogP contribution in [0.25, 0.3) is 33.2 Å². The van der Waals surface area contributed by atoms with Crippen molar-refractivity contribution in [3.05, 3.63) is 42.7 Å². The van der Waals surface area contributed by atoms with Crippen molar-refractivity contribution in [1.82, 2.24) is 25.4 Å². The molecule has 0 atom stereocenters. The molecule has 0 spiro atoms. The van der Waals surface area contributed by atoms with E-state index >= 15 is 0 Å². The quantitative estimate of drug-likeness (QED) is 0.532. The maximum atomic E-state index is 4.29. The van der Waals surface area contributed by atoms with Crippen molar-refractivity contribution in [3.63, 3.8) is 0 Å². The molecule has 4 aromatic rings. The number of pyridine rings is 1. The number of nitrogens with one attached hydrogen (secondary N) is 2. The average molecular weight is 235 g/mol. The molecule has 0 aliphatic rings. The molecule has 2 N–H and O–H groups in total. The molecule has 5 heteroatoms. The predicted molar refractivity (Wildman–Crippen MR) is 69.0 cm³/mol. The van der Waals surface area contributed by atoms with Gasteiger partial charge in [0.25, 0.3) is 0 Å². The molecule has 18 heavy (non-hydrogen) atoms. The molecule has 5 nitrogen and oxygen atoms in total. The Morgan fingerprint density at radius 1 is 1.00 bits per heavy atom. The summed E-state index contributed by atoms with van der Waals surface area (Å²) in [4.78, 5) is 7.46. The molecule has 0 bridgehead atoms. The number of aromatic amines is 2. The van der Waals surface area contributed by atoms with Gasteiger partial charge < -0.3 is 4.98 Å². The monoisotopic (exact) mass is 235 g/mol. The Kier molecular flexibility index (Phi) is 1.77. The van der Waals surface area contributed by atoms with Gasteiger partial charge >= 0.3 is 0 Å². The Labute approximate surface area is 102 Å². The smallest absolute Gasteiger partial charge is 0.137 e. The van der Waals surface area contributed by atoms with Crippen molar-refractivity contribution in [2.45, 2.75) is 0 Å². The largest absolute Gasteiger partial charge is 0.346 e. The van der Waals surface area contributed by atoms with Gasteiger partial charge in [-0.05, 0) is 29.8 Å². The Balaban J connectivity index is 2.00. The van der Waals surface area contributed by atoms with Crippen LogP contribution in [0.2, 0.25) is 0 Å². The highest BCUT2D eigenvalue weighted by Crippen LogP contribution is 2.28. The molecule has 1 aromatic carbocycles. The predicted octanol–water partition coefficient (Wildman–Crippen LogP) is 2.50. The Morgan fingerprint density at radius 3 is 2.94 bits per heavy atom. The molecule has 4 rings (SSSR count). The molecule has 0 saturated carbocycles. The number of fused-ring (bicyclic) bond motifs is 2. The minimum atomic E-state index is 0.866. The lowest BCUT2D eigenvalue weighted by Gasteiger charge is -1.98. The summed E-state index contributed by atoms with van der Waals surface area (Å²) in [5.41, 5.74) is 4.87. The van der Waals surface area contributed by atoms with E-state index in [9.17, 15) is 0 Å². The molecule has 0 radical (unpaired) electrons. The lowest BCUT2D eigenvalue weighted by Crippen LogP contribution is -1.77. The molecule has 0 saturated heterocycles. The van der Waals surface area contributed by atoms with E-state index in [0.29, 0.717) is 0 Å². The van der Waals surface area contributed by atoms with Crippen LogP contribution in [0.15, 0.2) is 42.7 Å². The van der Waals surface area contributed by atoms with Gasteiger partial charge in [0.05, 0.1) is 0 Å². The van der Waals surface area contributed by atoms with Crippen molar-refractivity contribution < 1.29 is 0 Å². The standard InChI is InChI=1S/C13H9N5/c1-2-9-10(7-15-13(9)14-5-1)8-3-4-11-12(6-8)17-18-16-11/h1-7H,(H,14,15)(H,16,17,18). The molecule has 0 aliphatic heterocycles. The number of hydrogen-bond acceptors (Lipinski definition) is 3. The van der Waals surface area contributed by atoms with Gasteiger partial charge in [-0.1, -0.05) is 6.07 Å². The van der Waals surface area contributed by atoms with Gasteiger partial charge in [-0.2, -0.15) is 15.4 Å². The molecule has 0 fully saturated rings. The average Bonchev–Trinajstić information content (AvgIpc) is 3.04. The maximum Gasteiger partial charge on any atom is 0.137 e. The second-order valence-corrected chi connectivity index (χ2v) is 4.13. The summed E-state index contributed by atoms with van der Waals surface area (Å²) in [5.74, 6) is 0. The molecule has 0 amide bonds.